The average molecular weight is 288 g/mol. The summed E-state index contributed by atoms with van der Waals surface area (Å²) < 4.78 is 5.59. The molecule has 0 amide bonds. The Morgan fingerprint density at radius 3 is 2.50 bits per heavy atom. The van der Waals surface area contributed by atoms with Gasteiger partial charge in [0.25, 0.3) is 0 Å². The molecule has 4 heteroatoms. The van der Waals surface area contributed by atoms with Crippen LogP contribution < -0.4 is 4.74 Å². The Hall–Kier alpha value is -0.580. The van der Waals surface area contributed by atoms with Crippen molar-refractivity contribution < 1.29 is 9.84 Å². The number of hydrogen-bond donors (Lipinski definition) is 1. The first-order valence-corrected chi connectivity index (χ1v) is 6.56. The maximum absolute atomic E-state index is 8.88. The monoisotopic (exact) mass is 287 g/mol. The van der Waals surface area contributed by atoms with E-state index in [0.29, 0.717) is 13.2 Å². The minimum atomic E-state index is 0.193. The second-order valence-electron chi connectivity index (χ2n) is 3.42. The van der Waals surface area contributed by atoms with Crippen molar-refractivity contribution in [2.24, 2.45) is 0 Å². The molecule has 1 rings (SSSR count). The molecule has 0 unspecified atom stereocenters. The van der Waals surface area contributed by atoms with Crippen LogP contribution in [0.3, 0.4) is 0 Å². The normalized spacial score (nSPS) is 10.7. The number of benzene rings is 1. The van der Waals surface area contributed by atoms with Gasteiger partial charge in [0.15, 0.2) is 0 Å². The van der Waals surface area contributed by atoms with Gasteiger partial charge in [-0.05, 0) is 12.1 Å². The molecular weight excluding hydrogens is 270 g/mol. The number of aliphatic hydroxyl groups excluding tert-OH is 1. The fourth-order valence-electron chi connectivity index (χ4n) is 1.41. The highest BCUT2D eigenvalue weighted by molar-refractivity contribution is 9.09. The van der Waals surface area contributed by atoms with Crippen molar-refractivity contribution in [2.45, 2.75) is 0 Å². The van der Waals surface area contributed by atoms with Crippen molar-refractivity contribution in [3.63, 3.8) is 0 Å². The Morgan fingerprint density at radius 2 is 1.88 bits per heavy atom. The van der Waals surface area contributed by atoms with Crippen molar-refractivity contribution in [1.82, 2.24) is 4.90 Å². The van der Waals surface area contributed by atoms with E-state index in [-0.39, 0.29) is 6.61 Å². The van der Waals surface area contributed by atoms with E-state index in [0.717, 1.165) is 24.2 Å². The number of aliphatic hydroxyl groups is 1. The number of alkyl halides is 1. The smallest absolute Gasteiger partial charge is 0.119 e. The molecule has 0 heterocycles. The highest BCUT2D eigenvalue weighted by Gasteiger charge is 2.03. The molecule has 1 aromatic rings. The molecule has 0 spiro atoms. The molecule has 0 aliphatic carbocycles. The van der Waals surface area contributed by atoms with Crippen molar-refractivity contribution in [1.29, 1.82) is 0 Å². The van der Waals surface area contributed by atoms with E-state index >= 15 is 0 Å². The topological polar surface area (TPSA) is 32.7 Å². The van der Waals surface area contributed by atoms with Crippen LogP contribution in [0, 0.1) is 0 Å². The van der Waals surface area contributed by atoms with Crippen LogP contribution in [0.5, 0.6) is 5.75 Å². The summed E-state index contributed by atoms with van der Waals surface area (Å²) >= 11 is 3.39. The van der Waals surface area contributed by atoms with E-state index in [1.807, 2.05) is 30.3 Å². The maximum atomic E-state index is 8.88. The number of ether oxygens (including phenoxy) is 1. The standard InChI is InChI=1S/C12H18BrNO2/c13-6-7-14(8-10-15)9-11-16-12-4-2-1-3-5-12/h1-5,15H,6-11H2. The summed E-state index contributed by atoms with van der Waals surface area (Å²) in [5, 5.41) is 9.80. The summed E-state index contributed by atoms with van der Waals surface area (Å²) in [4.78, 5) is 2.16. The van der Waals surface area contributed by atoms with Crippen LogP contribution in [0.25, 0.3) is 0 Å². The van der Waals surface area contributed by atoms with Gasteiger partial charge in [-0.1, -0.05) is 34.1 Å². The zero-order valence-electron chi connectivity index (χ0n) is 9.31. The zero-order chi connectivity index (χ0) is 11.6. The van der Waals surface area contributed by atoms with Crippen molar-refractivity contribution in [2.75, 3.05) is 38.2 Å². The van der Waals surface area contributed by atoms with E-state index in [2.05, 4.69) is 20.8 Å². The van der Waals surface area contributed by atoms with Crippen molar-refractivity contribution >= 4 is 15.9 Å². The molecule has 0 aliphatic rings. The molecule has 90 valence electrons. The van der Waals surface area contributed by atoms with Gasteiger partial charge in [-0.2, -0.15) is 0 Å². The average Bonchev–Trinajstić information content (AvgIpc) is 2.31. The van der Waals surface area contributed by atoms with Gasteiger partial charge in [0, 0.05) is 25.0 Å². The van der Waals surface area contributed by atoms with Gasteiger partial charge in [0.1, 0.15) is 12.4 Å². The summed E-state index contributed by atoms with van der Waals surface area (Å²) in [6, 6.07) is 9.77. The molecule has 3 nitrogen and oxygen atoms in total. The van der Waals surface area contributed by atoms with Crippen LogP contribution in [0.1, 0.15) is 0 Å². The molecule has 0 atom stereocenters. The minimum absolute atomic E-state index is 0.193. The first-order valence-electron chi connectivity index (χ1n) is 5.44. The fraction of sp³-hybridized carbons (Fsp3) is 0.500. The molecule has 0 aliphatic heterocycles. The molecular formula is C12H18BrNO2. The SMILES string of the molecule is OCCN(CCBr)CCOc1ccccc1. The summed E-state index contributed by atoms with van der Waals surface area (Å²) in [6.45, 7) is 3.30. The Bertz CT molecular complexity index is 263. The Balaban J connectivity index is 2.22. The lowest BCUT2D eigenvalue weighted by molar-refractivity contribution is 0.175. The fourth-order valence-corrected chi connectivity index (χ4v) is 1.91. The second kappa shape index (κ2) is 8.56. The lowest BCUT2D eigenvalue weighted by atomic mass is 10.3. The van der Waals surface area contributed by atoms with Gasteiger partial charge >= 0.3 is 0 Å². The Morgan fingerprint density at radius 1 is 1.12 bits per heavy atom. The maximum Gasteiger partial charge on any atom is 0.119 e. The molecule has 0 bridgehead atoms. The molecule has 0 radical (unpaired) electrons. The van der Waals surface area contributed by atoms with Gasteiger partial charge in [-0.25, -0.2) is 0 Å². The largest absolute Gasteiger partial charge is 0.492 e. The van der Waals surface area contributed by atoms with Crippen LogP contribution in [0.15, 0.2) is 30.3 Å². The second-order valence-corrected chi connectivity index (χ2v) is 4.21. The predicted octanol–water partition coefficient (Wildman–Crippen LogP) is 1.75. The lowest BCUT2D eigenvalue weighted by Crippen LogP contribution is -2.32. The Kier molecular flexibility index (Phi) is 7.21. The molecule has 1 aromatic carbocycles. The molecule has 0 saturated heterocycles. The quantitative estimate of drug-likeness (QED) is 0.740. The van der Waals surface area contributed by atoms with E-state index in [1.165, 1.54) is 0 Å². The molecule has 1 N–H and O–H groups in total. The molecule has 0 saturated carbocycles. The molecule has 0 aromatic heterocycles. The summed E-state index contributed by atoms with van der Waals surface area (Å²) in [7, 11) is 0. The number of para-hydroxylation sites is 1. The number of hydrogen-bond acceptors (Lipinski definition) is 3. The zero-order valence-corrected chi connectivity index (χ0v) is 10.9. The first-order chi connectivity index (χ1) is 7.86. The van der Waals surface area contributed by atoms with Gasteiger partial charge in [0.05, 0.1) is 6.61 Å². The van der Waals surface area contributed by atoms with Crippen LogP contribution in [-0.4, -0.2) is 48.2 Å². The number of nitrogens with zero attached hydrogens (tertiary/aromatic N) is 1. The molecule has 16 heavy (non-hydrogen) atoms. The highest BCUT2D eigenvalue weighted by Crippen LogP contribution is 2.07. The van der Waals surface area contributed by atoms with E-state index in [9.17, 15) is 0 Å². The third-order valence-electron chi connectivity index (χ3n) is 2.24. The van der Waals surface area contributed by atoms with Crippen LogP contribution in [0.4, 0.5) is 0 Å². The van der Waals surface area contributed by atoms with Crippen molar-refractivity contribution in [3.8, 4) is 5.75 Å². The minimum Gasteiger partial charge on any atom is -0.492 e. The Labute approximate surface area is 105 Å². The predicted molar refractivity (Wildman–Crippen MR) is 69.3 cm³/mol. The van der Waals surface area contributed by atoms with Gasteiger partial charge in [0.2, 0.25) is 0 Å². The van der Waals surface area contributed by atoms with E-state index < -0.39 is 0 Å². The van der Waals surface area contributed by atoms with Crippen LogP contribution >= 0.6 is 15.9 Å². The van der Waals surface area contributed by atoms with Gasteiger partial charge < -0.3 is 9.84 Å². The van der Waals surface area contributed by atoms with Crippen molar-refractivity contribution in [3.05, 3.63) is 30.3 Å². The lowest BCUT2D eigenvalue weighted by Gasteiger charge is -2.20. The first kappa shape index (κ1) is 13.5. The number of halogens is 1. The van der Waals surface area contributed by atoms with Gasteiger partial charge in [-0.3, -0.25) is 4.90 Å². The highest BCUT2D eigenvalue weighted by atomic mass is 79.9. The summed E-state index contributed by atoms with van der Waals surface area (Å²) in [5.41, 5.74) is 0. The molecule has 0 fully saturated rings. The third kappa shape index (κ3) is 5.49. The number of rotatable bonds is 8. The van der Waals surface area contributed by atoms with Crippen LogP contribution in [0.2, 0.25) is 0 Å². The third-order valence-corrected chi connectivity index (χ3v) is 2.59. The van der Waals surface area contributed by atoms with Gasteiger partial charge in [-0.15, -0.1) is 0 Å². The summed E-state index contributed by atoms with van der Waals surface area (Å²) in [6.07, 6.45) is 0. The summed E-state index contributed by atoms with van der Waals surface area (Å²) in [5.74, 6) is 0.894. The van der Waals surface area contributed by atoms with Crippen LogP contribution in [-0.2, 0) is 0 Å². The van der Waals surface area contributed by atoms with E-state index in [4.69, 9.17) is 9.84 Å². The van der Waals surface area contributed by atoms with E-state index in [1.54, 1.807) is 0 Å².